The fourth-order valence-electron chi connectivity index (χ4n) is 1.94. The number of likely N-dealkylation sites (N-methyl/N-ethyl adjacent to an activating group) is 1. The first-order valence-electron chi connectivity index (χ1n) is 6.31. The van der Waals surface area contributed by atoms with Gasteiger partial charge < -0.3 is 15.7 Å². The molecule has 1 aromatic carbocycles. The zero-order valence-electron chi connectivity index (χ0n) is 11.3. The molecule has 18 heavy (non-hydrogen) atoms. The van der Waals surface area contributed by atoms with Crippen LogP contribution in [0.3, 0.4) is 0 Å². The molecule has 0 fully saturated rings. The fourth-order valence-corrected chi connectivity index (χ4v) is 1.94. The lowest BCUT2D eigenvalue weighted by molar-refractivity contribution is -0.120. The number of hydrogen-bond donors (Lipinski definition) is 2. The molecule has 0 bridgehead atoms. The summed E-state index contributed by atoms with van der Waals surface area (Å²) in [6.45, 7) is 6.51. The van der Waals surface area contributed by atoms with E-state index < -0.39 is 6.04 Å². The summed E-state index contributed by atoms with van der Waals surface area (Å²) in [5.41, 5.74) is 6.60. The number of hydrogen-bond acceptors (Lipinski definition) is 3. The van der Waals surface area contributed by atoms with Gasteiger partial charge in [0.05, 0.1) is 6.04 Å². The molecule has 0 saturated carbocycles. The third-order valence-corrected chi connectivity index (χ3v) is 2.77. The van der Waals surface area contributed by atoms with Crippen molar-refractivity contribution in [2.75, 3.05) is 11.4 Å². The van der Waals surface area contributed by atoms with Gasteiger partial charge in [0.2, 0.25) is 5.91 Å². The lowest BCUT2D eigenvalue weighted by Gasteiger charge is -2.25. The zero-order valence-corrected chi connectivity index (χ0v) is 11.3. The Kier molecular flexibility index (Phi) is 5.16. The van der Waals surface area contributed by atoms with Gasteiger partial charge in [-0.25, -0.2) is 0 Å². The van der Waals surface area contributed by atoms with Crippen LogP contribution in [-0.4, -0.2) is 23.6 Å². The smallest absolute Gasteiger partial charge is 0.243 e. The van der Waals surface area contributed by atoms with E-state index in [4.69, 9.17) is 5.73 Å². The number of amides is 1. The molecule has 0 heterocycles. The molecule has 0 aromatic heterocycles. The van der Waals surface area contributed by atoms with E-state index in [0.717, 1.165) is 0 Å². The first kappa shape index (κ1) is 14.5. The molecular weight excluding hydrogens is 228 g/mol. The Labute approximate surface area is 108 Å². The molecule has 1 aromatic rings. The molecule has 0 unspecified atom stereocenters. The van der Waals surface area contributed by atoms with Crippen LogP contribution in [0.4, 0.5) is 5.69 Å². The van der Waals surface area contributed by atoms with Gasteiger partial charge in [0.25, 0.3) is 0 Å². The molecule has 3 N–H and O–H groups in total. The maximum absolute atomic E-state index is 12.2. The van der Waals surface area contributed by atoms with Crippen molar-refractivity contribution in [1.82, 2.24) is 0 Å². The van der Waals surface area contributed by atoms with Crippen molar-refractivity contribution in [3.05, 3.63) is 24.3 Å². The Hall–Kier alpha value is -1.55. The number of phenols is 1. The van der Waals surface area contributed by atoms with Crippen LogP contribution in [0.2, 0.25) is 0 Å². The predicted octanol–water partition coefficient (Wildman–Crippen LogP) is 2.12. The number of anilines is 1. The monoisotopic (exact) mass is 250 g/mol. The molecule has 1 amide bonds. The topological polar surface area (TPSA) is 66.6 Å². The van der Waals surface area contributed by atoms with E-state index in [1.54, 1.807) is 29.2 Å². The Bertz CT molecular complexity index is 405. The van der Waals surface area contributed by atoms with Crippen molar-refractivity contribution in [3.63, 3.8) is 0 Å². The molecule has 0 aliphatic rings. The van der Waals surface area contributed by atoms with Crippen LogP contribution in [-0.2, 0) is 4.79 Å². The summed E-state index contributed by atoms with van der Waals surface area (Å²) >= 11 is 0. The minimum Gasteiger partial charge on any atom is -0.508 e. The van der Waals surface area contributed by atoms with Crippen LogP contribution < -0.4 is 10.6 Å². The van der Waals surface area contributed by atoms with Gasteiger partial charge in [0.15, 0.2) is 0 Å². The fraction of sp³-hybridized carbons (Fsp3) is 0.500. The van der Waals surface area contributed by atoms with Crippen LogP contribution in [0.1, 0.15) is 27.2 Å². The van der Waals surface area contributed by atoms with E-state index in [0.29, 0.717) is 24.6 Å². The molecule has 0 spiro atoms. The lowest BCUT2D eigenvalue weighted by Crippen LogP contribution is -2.44. The lowest BCUT2D eigenvalue weighted by atomic mass is 10.0. The van der Waals surface area contributed by atoms with Gasteiger partial charge in [-0.2, -0.15) is 0 Å². The normalized spacial score (nSPS) is 12.5. The quantitative estimate of drug-likeness (QED) is 0.841. The summed E-state index contributed by atoms with van der Waals surface area (Å²) in [4.78, 5) is 13.8. The van der Waals surface area contributed by atoms with Crippen molar-refractivity contribution < 1.29 is 9.90 Å². The second-order valence-corrected chi connectivity index (χ2v) is 4.84. The van der Waals surface area contributed by atoms with E-state index >= 15 is 0 Å². The predicted molar refractivity (Wildman–Crippen MR) is 73.6 cm³/mol. The Morgan fingerprint density at radius 1 is 1.44 bits per heavy atom. The highest BCUT2D eigenvalue weighted by atomic mass is 16.3. The second kappa shape index (κ2) is 6.40. The van der Waals surface area contributed by atoms with Crippen LogP contribution in [0.5, 0.6) is 5.75 Å². The van der Waals surface area contributed by atoms with E-state index in [1.165, 1.54) is 0 Å². The molecule has 100 valence electrons. The molecule has 0 aliphatic carbocycles. The number of aromatic hydroxyl groups is 1. The summed E-state index contributed by atoms with van der Waals surface area (Å²) in [6.07, 6.45) is 0.661. The maximum Gasteiger partial charge on any atom is 0.243 e. The van der Waals surface area contributed by atoms with Gasteiger partial charge in [0.1, 0.15) is 5.75 Å². The summed E-state index contributed by atoms with van der Waals surface area (Å²) in [5, 5.41) is 9.45. The van der Waals surface area contributed by atoms with Crippen LogP contribution in [0.25, 0.3) is 0 Å². The maximum atomic E-state index is 12.2. The van der Waals surface area contributed by atoms with Gasteiger partial charge in [-0.05, 0) is 31.4 Å². The summed E-state index contributed by atoms with van der Waals surface area (Å²) in [7, 11) is 0. The van der Waals surface area contributed by atoms with Gasteiger partial charge in [0, 0.05) is 18.3 Å². The van der Waals surface area contributed by atoms with Crippen molar-refractivity contribution in [2.45, 2.75) is 33.2 Å². The van der Waals surface area contributed by atoms with Crippen LogP contribution in [0.15, 0.2) is 24.3 Å². The van der Waals surface area contributed by atoms with Crippen molar-refractivity contribution in [3.8, 4) is 5.75 Å². The largest absolute Gasteiger partial charge is 0.508 e. The van der Waals surface area contributed by atoms with Crippen LogP contribution in [0, 0.1) is 5.92 Å². The highest BCUT2D eigenvalue weighted by Gasteiger charge is 2.22. The van der Waals surface area contributed by atoms with E-state index in [9.17, 15) is 9.90 Å². The molecule has 1 atom stereocenters. The molecule has 0 radical (unpaired) electrons. The van der Waals surface area contributed by atoms with Crippen LogP contribution >= 0.6 is 0 Å². The number of nitrogens with zero attached hydrogens (tertiary/aromatic N) is 1. The number of phenolic OH excluding ortho intramolecular Hbond substituents is 1. The molecule has 0 aliphatic heterocycles. The Morgan fingerprint density at radius 2 is 2.11 bits per heavy atom. The number of benzene rings is 1. The average molecular weight is 250 g/mol. The minimum atomic E-state index is -0.493. The summed E-state index contributed by atoms with van der Waals surface area (Å²) < 4.78 is 0. The summed E-state index contributed by atoms with van der Waals surface area (Å²) in [5.74, 6) is 0.430. The number of carbonyl (C=O) groups excluding carboxylic acids is 1. The van der Waals surface area contributed by atoms with E-state index in [2.05, 4.69) is 0 Å². The average Bonchev–Trinajstić information content (AvgIpc) is 2.29. The SMILES string of the molecule is CCN(C(=O)[C@H](N)CC(C)C)c1cccc(O)c1. The highest BCUT2D eigenvalue weighted by Crippen LogP contribution is 2.21. The third kappa shape index (κ3) is 3.74. The van der Waals surface area contributed by atoms with Gasteiger partial charge in [-0.1, -0.05) is 19.9 Å². The number of rotatable bonds is 5. The molecule has 1 rings (SSSR count). The Balaban J connectivity index is 2.86. The van der Waals surface area contributed by atoms with Gasteiger partial charge in [-0.15, -0.1) is 0 Å². The first-order valence-corrected chi connectivity index (χ1v) is 6.31. The molecule has 0 saturated heterocycles. The third-order valence-electron chi connectivity index (χ3n) is 2.77. The molecule has 4 nitrogen and oxygen atoms in total. The van der Waals surface area contributed by atoms with E-state index in [1.807, 2.05) is 20.8 Å². The second-order valence-electron chi connectivity index (χ2n) is 4.84. The first-order chi connectivity index (χ1) is 8.45. The number of carbonyl (C=O) groups is 1. The zero-order chi connectivity index (χ0) is 13.7. The minimum absolute atomic E-state index is 0.100. The highest BCUT2D eigenvalue weighted by molar-refractivity contribution is 5.97. The van der Waals surface area contributed by atoms with Crippen molar-refractivity contribution in [1.29, 1.82) is 0 Å². The van der Waals surface area contributed by atoms with E-state index in [-0.39, 0.29) is 11.7 Å². The van der Waals surface area contributed by atoms with Crippen molar-refractivity contribution in [2.24, 2.45) is 11.7 Å². The summed E-state index contributed by atoms with van der Waals surface area (Å²) in [6, 6.07) is 6.17. The molecule has 4 heteroatoms. The Morgan fingerprint density at radius 3 is 2.61 bits per heavy atom. The standard InChI is InChI=1S/C14H22N2O2/c1-4-16(11-6-5-7-12(17)9-11)14(18)13(15)8-10(2)3/h5-7,9-10,13,17H,4,8,15H2,1-3H3/t13-/m1/s1. The van der Waals surface area contributed by atoms with Crippen molar-refractivity contribution >= 4 is 11.6 Å². The van der Waals surface area contributed by atoms with Gasteiger partial charge in [-0.3, -0.25) is 4.79 Å². The molecular formula is C14H22N2O2. The number of nitrogens with two attached hydrogens (primary N) is 1. The van der Waals surface area contributed by atoms with Gasteiger partial charge >= 0.3 is 0 Å².